The quantitative estimate of drug-likeness (QED) is 0.808. The molecule has 0 fully saturated rings. The largest absolute Gasteiger partial charge is 0.375 e. The Morgan fingerprint density at radius 3 is 2.78 bits per heavy atom. The number of fused-ring (bicyclic) bond motifs is 1. The van der Waals surface area contributed by atoms with E-state index in [0.717, 1.165) is 16.6 Å². The van der Waals surface area contributed by atoms with Crippen LogP contribution >= 0.6 is 11.3 Å². The van der Waals surface area contributed by atoms with Crippen molar-refractivity contribution < 1.29 is 13.2 Å². The summed E-state index contributed by atoms with van der Waals surface area (Å²) >= 11 is 1.28. The maximum atomic E-state index is 13.8. The van der Waals surface area contributed by atoms with E-state index in [9.17, 15) is 13.2 Å². The molecule has 0 bridgehead atoms. The summed E-state index contributed by atoms with van der Waals surface area (Å²) in [4.78, 5) is 5.00. The van der Waals surface area contributed by atoms with Crippen LogP contribution in [0.25, 0.3) is 0 Å². The third kappa shape index (κ3) is 1.59. The number of hydrogen-bond donors (Lipinski definition) is 1. The Morgan fingerprint density at radius 2 is 2.00 bits per heavy atom. The molecule has 2 N–H and O–H groups in total. The molecule has 1 aromatic heterocycles. The number of aryl methyl sites for hydroxylation is 1. The van der Waals surface area contributed by atoms with Gasteiger partial charge in [0.05, 0.1) is 5.69 Å². The van der Waals surface area contributed by atoms with Crippen LogP contribution in [0.15, 0.2) is 12.1 Å². The van der Waals surface area contributed by atoms with Crippen molar-refractivity contribution in [2.45, 2.75) is 18.8 Å². The van der Waals surface area contributed by atoms with Crippen LogP contribution < -0.4 is 5.73 Å². The van der Waals surface area contributed by atoms with E-state index in [-0.39, 0.29) is 11.5 Å². The van der Waals surface area contributed by atoms with Crippen molar-refractivity contribution in [1.29, 1.82) is 0 Å². The molecule has 1 aliphatic rings. The van der Waals surface area contributed by atoms with Gasteiger partial charge in [-0.15, -0.1) is 11.3 Å². The van der Waals surface area contributed by atoms with Gasteiger partial charge in [-0.3, -0.25) is 0 Å². The first-order valence-electron chi connectivity index (χ1n) is 5.46. The minimum Gasteiger partial charge on any atom is -0.375 e. The van der Waals surface area contributed by atoms with E-state index in [1.54, 1.807) is 0 Å². The molecule has 2 nitrogen and oxygen atoms in total. The molecule has 94 valence electrons. The lowest BCUT2D eigenvalue weighted by atomic mass is 9.97. The molecule has 0 amide bonds. The van der Waals surface area contributed by atoms with Gasteiger partial charge in [-0.1, -0.05) is 6.07 Å². The number of nitrogens with two attached hydrogens (primary N) is 1. The number of nitrogens with zero attached hydrogens (tertiary/aromatic N) is 1. The summed E-state index contributed by atoms with van der Waals surface area (Å²) in [6, 6.07) is 2.25. The van der Waals surface area contributed by atoms with Crippen molar-refractivity contribution in [3.05, 3.63) is 45.7 Å². The Labute approximate surface area is 105 Å². The molecule has 0 saturated heterocycles. The Bertz CT molecular complexity index is 624. The van der Waals surface area contributed by atoms with Crippen molar-refractivity contribution in [2.24, 2.45) is 0 Å². The predicted molar refractivity (Wildman–Crippen MR) is 63.0 cm³/mol. The zero-order valence-corrected chi connectivity index (χ0v) is 10.0. The lowest BCUT2D eigenvalue weighted by Crippen LogP contribution is -2.02. The van der Waals surface area contributed by atoms with Gasteiger partial charge < -0.3 is 5.73 Å². The molecule has 0 aliphatic heterocycles. The molecule has 0 saturated carbocycles. The summed E-state index contributed by atoms with van der Waals surface area (Å²) in [5.74, 6) is -3.97. The predicted octanol–water partition coefficient (Wildman–Crippen LogP) is 3.22. The fourth-order valence-corrected chi connectivity index (χ4v) is 3.39. The summed E-state index contributed by atoms with van der Waals surface area (Å²) < 4.78 is 39.9. The Hall–Kier alpha value is -1.56. The third-order valence-electron chi connectivity index (χ3n) is 3.17. The highest BCUT2D eigenvalue weighted by molar-refractivity contribution is 7.15. The Kier molecular flexibility index (Phi) is 2.55. The van der Waals surface area contributed by atoms with E-state index in [4.69, 9.17) is 5.73 Å². The van der Waals surface area contributed by atoms with Crippen molar-refractivity contribution in [2.75, 3.05) is 5.73 Å². The lowest BCUT2D eigenvalue weighted by Gasteiger charge is -2.11. The van der Waals surface area contributed by atoms with Gasteiger partial charge in [0.2, 0.25) is 0 Å². The van der Waals surface area contributed by atoms with Gasteiger partial charge in [0.25, 0.3) is 0 Å². The van der Waals surface area contributed by atoms with Crippen LogP contribution in [-0.2, 0) is 6.42 Å². The second-order valence-corrected chi connectivity index (χ2v) is 5.28. The van der Waals surface area contributed by atoms with E-state index in [0.29, 0.717) is 18.0 Å². The topological polar surface area (TPSA) is 38.9 Å². The normalized spacial score (nSPS) is 18.1. The van der Waals surface area contributed by atoms with Gasteiger partial charge in [-0.2, -0.15) is 0 Å². The zero-order chi connectivity index (χ0) is 12.9. The second kappa shape index (κ2) is 3.98. The van der Waals surface area contributed by atoms with Crippen LogP contribution in [0.2, 0.25) is 0 Å². The number of benzene rings is 1. The number of hydrogen-bond acceptors (Lipinski definition) is 3. The van der Waals surface area contributed by atoms with Gasteiger partial charge in [0.1, 0.15) is 0 Å². The number of nitrogen functional groups attached to an aromatic ring is 1. The van der Waals surface area contributed by atoms with E-state index in [2.05, 4.69) is 4.98 Å². The molecule has 6 heteroatoms. The number of halogens is 3. The third-order valence-corrected chi connectivity index (χ3v) is 4.21. The molecule has 1 heterocycles. The maximum absolute atomic E-state index is 13.8. The van der Waals surface area contributed by atoms with Crippen molar-refractivity contribution in [3.8, 4) is 0 Å². The highest BCUT2D eigenvalue weighted by atomic mass is 32.1. The molecule has 18 heavy (non-hydrogen) atoms. The van der Waals surface area contributed by atoms with Crippen LogP contribution in [0.4, 0.5) is 18.3 Å². The molecular formula is C12H9F3N2S. The van der Waals surface area contributed by atoms with Crippen molar-refractivity contribution in [3.63, 3.8) is 0 Å². The van der Waals surface area contributed by atoms with E-state index >= 15 is 0 Å². The Morgan fingerprint density at radius 1 is 1.22 bits per heavy atom. The first kappa shape index (κ1) is 11.5. The van der Waals surface area contributed by atoms with Crippen LogP contribution in [-0.4, -0.2) is 4.98 Å². The minimum absolute atomic E-state index is 0.177. The van der Waals surface area contributed by atoms with E-state index in [1.165, 1.54) is 17.4 Å². The van der Waals surface area contributed by atoms with Crippen LogP contribution in [0.5, 0.6) is 0 Å². The standard InChI is InChI=1S/C12H9F3N2S/c13-7-3-1-5(9(14)10(7)15)6-2-4-8-11(6)18-12(16)17-8/h1,3,6H,2,4H2,(H2,16,17). The summed E-state index contributed by atoms with van der Waals surface area (Å²) in [5.41, 5.74) is 6.62. The number of rotatable bonds is 1. The molecule has 0 spiro atoms. The first-order chi connectivity index (χ1) is 8.58. The van der Waals surface area contributed by atoms with Crippen molar-refractivity contribution >= 4 is 16.5 Å². The summed E-state index contributed by atoms with van der Waals surface area (Å²) in [7, 11) is 0. The monoisotopic (exact) mass is 270 g/mol. The Balaban J connectivity index is 2.10. The molecule has 2 aromatic rings. The molecule has 1 aliphatic carbocycles. The van der Waals surface area contributed by atoms with Crippen LogP contribution in [0.3, 0.4) is 0 Å². The highest BCUT2D eigenvalue weighted by Crippen LogP contribution is 2.43. The highest BCUT2D eigenvalue weighted by Gasteiger charge is 2.31. The second-order valence-electron chi connectivity index (χ2n) is 4.22. The molecule has 1 atom stereocenters. The molecule has 1 unspecified atom stereocenters. The molecule has 3 rings (SSSR count). The SMILES string of the molecule is Nc1nc2c(s1)C(c1ccc(F)c(F)c1F)CC2. The smallest absolute Gasteiger partial charge is 0.194 e. The number of anilines is 1. The average Bonchev–Trinajstić information content (AvgIpc) is 2.86. The van der Waals surface area contributed by atoms with Gasteiger partial charge in [0, 0.05) is 10.8 Å². The molecule has 1 aromatic carbocycles. The van der Waals surface area contributed by atoms with Crippen LogP contribution in [0, 0.1) is 17.5 Å². The van der Waals surface area contributed by atoms with Gasteiger partial charge in [-0.25, -0.2) is 18.2 Å². The number of aromatic nitrogens is 1. The van der Waals surface area contributed by atoms with Gasteiger partial charge >= 0.3 is 0 Å². The van der Waals surface area contributed by atoms with Crippen molar-refractivity contribution in [1.82, 2.24) is 4.98 Å². The maximum Gasteiger partial charge on any atom is 0.194 e. The zero-order valence-electron chi connectivity index (χ0n) is 9.21. The van der Waals surface area contributed by atoms with Crippen LogP contribution in [0.1, 0.15) is 28.5 Å². The van der Waals surface area contributed by atoms with E-state index < -0.39 is 17.5 Å². The van der Waals surface area contributed by atoms with Gasteiger partial charge in [0.15, 0.2) is 22.6 Å². The summed E-state index contributed by atoms with van der Waals surface area (Å²) in [6.45, 7) is 0. The molecule has 0 radical (unpaired) electrons. The summed E-state index contributed by atoms with van der Waals surface area (Å²) in [6.07, 6.45) is 1.34. The molecular weight excluding hydrogens is 261 g/mol. The van der Waals surface area contributed by atoms with Gasteiger partial charge in [-0.05, 0) is 24.5 Å². The lowest BCUT2D eigenvalue weighted by molar-refractivity contribution is 0.438. The minimum atomic E-state index is -1.42. The fraction of sp³-hybridized carbons (Fsp3) is 0.250. The average molecular weight is 270 g/mol. The summed E-state index contributed by atoms with van der Waals surface area (Å²) in [5, 5.41) is 0.424. The number of thiazole rings is 1. The van der Waals surface area contributed by atoms with E-state index in [1.807, 2.05) is 0 Å². The fourth-order valence-electron chi connectivity index (χ4n) is 2.35. The first-order valence-corrected chi connectivity index (χ1v) is 6.28.